The molecule has 1 heterocycles. The number of methoxy groups -OCH3 is 2. The second kappa shape index (κ2) is 6.87. The van der Waals surface area contributed by atoms with Crippen molar-refractivity contribution < 1.29 is 23.7 Å². The monoisotopic (exact) mass is 336 g/mol. The SMILES string of the molecule is COc1cccc(OC)c1OCc1cc(Cl)c2c(c1)OCCO2. The molecule has 2 aromatic carbocycles. The van der Waals surface area contributed by atoms with Gasteiger partial charge in [0.25, 0.3) is 0 Å². The smallest absolute Gasteiger partial charge is 0.203 e. The van der Waals surface area contributed by atoms with Gasteiger partial charge in [0.2, 0.25) is 5.75 Å². The van der Waals surface area contributed by atoms with Crippen molar-refractivity contribution in [2.75, 3.05) is 27.4 Å². The third kappa shape index (κ3) is 3.24. The molecule has 0 unspecified atom stereocenters. The third-order valence-electron chi connectivity index (χ3n) is 3.42. The highest BCUT2D eigenvalue weighted by Gasteiger charge is 2.18. The summed E-state index contributed by atoms with van der Waals surface area (Å²) in [5.74, 6) is 2.97. The molecule has 5 nitrogen and oxygen atoms in total. The van der Waals surface area contributed by atoms with Crippen molar-refractivity contribution >= 4 is 11.6 Å². The maximum absolute atomic E-state index is 6.24. The Kier molecular flexibility index (Phi) is 4.67. The van der Waals surface area contributed by atoms with Crippen LogP contribution in [0.1, 0.15) is 5.56 Å². The van der Waals surface area contributed by atoms with Gasteiger partial charge in [-0.3, -0.25) is 0 Å². The molecule has 0 aromatic heterocycles. The predicted octanol–water partition coefficient (Wildman–Crippen LogP) is 3.71. The van der Waals surface area contributed by atoms with Gasteiger partial charge in [0.1, 0.15) is 19.8 Å². The Morgan fingerprint density at radius 1 is 1.04 bits per heavy atom. The van der Waals surface area contributed by atoms with Crippen molar-refractivity contribution in [2.24, 2.45) is 0 Å². The largest absolute Gasteiger partial charge is 0.493 e. The van der Waals surface area contributed by atoms with E-state index in [-0.39, 0.29) is 0 Å². The van der Waals surface area contributed by atoms with Crippen molar-refractivity contribution in [1.29, 1.82) is 0 Å². The van der Waals surface area contributed by atoms with Crippen LogP contribution in [0.3, 0.4) is 0 Å². The van der Waals surface area contributed by atoms with Gasteiger partial charge < -0.3 is 23.7 Å². The lowest BCUT2D eigenvalue weighted by atomic mass is 10.2. The Balaban J connectivity index is 1.83. The van der Waals surface area contributed by atoms with Crippen LogP contribution in [-0.2, 0) is 6.61 Å². The Bertz CT molecular complexity index is 679. The Morgan fingerprint density at radius 3 is 2.43 bits per heavy atom. The van der Waals surface area contributed by atoms with E-state index in [1.165, 1.54) is 0 Å². The zero-order valence-corrected chi connectivity index (χ0v) is 13.7. The molecule has 3 rings (SSSR count). The van der Waals surface area contributed by atoms with E-state index in [0.717, 1.165) is 5.56 Å². The average Bonchev–Trinajstić information content (AvgIpc) is 2.59. The molecule has 6 heteroatoms. The predicted molar refractivity (Wildman–Crippen MR) is 86.3 cm³/mol. The van der Waals surface area contributed by atoms with Crippen molar-refractivity contribution in [3.63, 3.8) is 0 Å². The first kappa shape index (κ1) is 15.6. The standard InChI is InChI=1S/C17H17ClO5/c1-19-13-4-3-5-14(20-2)17(13)23-10-11-8-12(18)16-15(9-11)21-6-7-22-16/h3-5,8-9H,6-7,10H2,1-2H3. The third-order valence-corrected chi connectivity index (χ3v) is 3.70. The van der Waals surface area contributed by atoms with Gasteiger partial charge in [-0.2, -0.15) is 0 Å². The lowest BCUT2D eigenvalue weighted by Gasteiger charge is -2.20. The van der Waals surface area contributed by atoms with E-state index < -0.39 is 0 Å². The van der Waals surface area contributed by atoms with Gasteiger partial charge >= 0.3 is 0 Å². The molecular weight excluding hydrogens is 320 g/mol. The minimum atomic E-state index is 0.299. The highest BCUT2D eigenvalue weighted by atomic mass is 35.5. The summed E-state index contributed by atoms with van der Waals surface area (Å²) in [6, 6.07) is 9.13. The van der Waals surface area contributed by atoms with Crippen molar-refractivity contribution in [3.8, 4) is 28.7 Å². The van der Waals surface area contributed by atoms with Gasteiger partial charge in [0.05, 0.1) is 19.2 Å². The minimum absolute atomic E-state index is 0.299. The van der Waals surface area contributed by atoms with E-state index in [9.17, 15) is 0 Å². The maximum atomic E-state index is 6.24. The Labute approximate surface area is 139 Å². The van der Waals surface area contributed by atoms with E-state index >= 15 is 0 Å². The van der Waals surface area contributed by atoms with E-state index in [4.69, 9.17) is 35.3 Å². The van der Waals surface area contributed by atoms with Crippen LogP contribution in [0.25, 0.3) is 0 Å². The van der Waals surface area contributed by atoms with Crippen molar-refractivity contribution in [1.82, 2.24) is 0 Å². The lowest BCUT2D eigenvalue weighted by Crippen LogP contribution is -2.16. The number of ether oxygens (including phenoxy) is 5. The molecule has 1 aliphatic heterocycles. The van der Waals surface area contributed by atoms with Crippen LogP contribution in [0.2, 0.25) is 5.02 Å². The molecule has 0 amide bonds. The molecule has 0 radical (unpaired) electrons. The van der Waals surface area contributed by atoms with Crippen LogP contribution in [-0.4, -0.2) is 27.4 Å². The summed E-state index contributed by atoms with van der Waals surface area (Å²) in [5.41, 5.74) is 0.868. The van der Waals surface area contributed by atoms with E-state index in [2.05, 4.69) is 0 Å². The minimum Gasteiger partial charge on any atom is -0.493 e. The molecule has 0 bridgehead atoms. The van der Waals surface area contributed by atoms with Crippen LogP contribution in [0.5, 0.6) is 28.7 Å². The molecule has 0 atom stereocenters. The van der Waals surface area contributed by atoms with E-state index in [0.29, 0.717) is 53.6 Å². The molecule has 0 saturated heterocycles. The number of benzene rings is 2. The molecule has 0 aliphatic carbocycles. The van der Waals surface area contributed by atoms with Crippen molar-refractivity contribution in [2.45, 2.75) is 6.61 Å². The summed E-state index contributed by atoms with van der Waals surface area (Å²) >= 11 is 6.24. The van der Waals surface area contributed by atoms with E-state index in [1.807, 2.05) is 24.3 Å². The summed E-state index contributed by atoms with van der Waals surface area (Å²) in [7, 11) is 3.17. The fourth-order valence-corrected chi connectivity index (χ4v) is 2.65. The van der Waals surface area contributed by atoms with Crippen molar-refractivity contribution in [3.05, 3.63) is 40.9 Å². The molecule has 0 saturated carbocycles. The van der Waals surface area contributed by atoms with Crippen LogP contribution in [0.15, 0.2) is 30.3 Å². The zero-order chi connectivity index (χ0) is 16.2. The van der Waals surface area contributed by atoms with Gasteiger partial charge in [0.15, 0.2) is 23.0 Å². The van der Waals surface area contributed by atoms with Gasteiger partial charge in [0, 0.05) is 0 Å². The molecule has 122 valence electrons. The first-order valence-corrected chi connectivity index (χ1v) is 7.52. The summed E-state index contributed by atoms with van der Waals surface area (Å²) in [5, 5.41) is 0.507. The number of fused-ring (bicyclic) bond motifs is 1. The second-order valence-electron chi connectivity index (χ2n) is 4.88. The normalized spacial score (nSPS) is 12.7. The van der Waals surface area contributed by atoms with Crippen LogP contribution < -0.4 is 23.7 Å². The Morgan fingerprint density at radius 2 is 1.74 bits per heavy atom. The number of halogens is 1. The molecule has 2 aromatic rings. The summed E-state index contributed by atoms with van der Waals surface area (Å²) < 4.78 is 27.6. The molecule has 0 fully saturated rings. The first-order valence-electron chi connectivity index (χ1n) is 7.14. The fourth-order valence-electron chi connectivity index (χ4n) is 2.36. The second-order valence-corrected chi connectivity index (χ2v) is 5.29. The average molecular weight is 337 g/mol. The fraction of sp³-hybridized carbons (Fsp3) is 0.294. The number of hydrogen-bond acceptors (Lipinski definition) is 5. The maximum Gasteiger partial charge on any atom is 0.203 e. The number of para-hydroxylation sites is 1. The van der Waals surface area contributed by atoms with E-state index in [1.54, 1.807) is 20.3 Å². The molecule has 1 aliphatic rings. The molecule has 0 spiro atoms. The summed E-state index contributed by atoms with van der Waals surface area (Å²) in [6.07, 6.45) is 0. The molecular formula is C17H17ClO5. The molecule has 0 N–H and O–H groups in total. The molecule has 23 heavy (non-hydrogen) atoms. The van der Waals surface area contributed by atoms with Gasteiger partial charge in [-0.15, -0.1) is 0 Å². The lowest BCUT2D eigenvalue weighted by molar-refractivity contribution is 0.171. The van der Waals surface area contributed by atoms with Gasteiger partial charge in [-0.25, -0.2) is 0 Å². The first-order chi connectivity index (χ1) is 11.2. The Hall–Kier alpha value is -2.27. The summed E-state index contributed by atoms with van der Waals surface area (Å²) in [4.78, 5) is 0. The highest BCUT2D eigenvalue weighted by Crippen LogP contribution is 2.40. The van der Waals surface area contributed by atoms with Crippen LogP contribution in [0, 0.1) is 0 Å². The van der Waals surface area contributed by atoms with Crippen LogP contribution >= 0.6 is 11.6 Å². The number of hydrogen-bond donors (Lipinski definition) is 0. The summed E-state index contributed by atoms with van der Waals surface area (Å²) in [6.45, 7) is 1.31. The zero-order valence-electron chi connectivity index (χ0n) is 12.9. The van der Waals surface area contributed by atoms with Gasteiger partial charge in [-0.05, 0) is 29.8 Å². The highest BCUT2D eigenvalue weighted by molar-refractivity contribution is 6.32. The number of rotatable bonds is 5. The van der Waals surface area contributed by atoms with Gasteiger partial charge in [-0.1, -0.05) is 17.7 Å². The topological polar surface area (TPSA) is 46.2 Å². The quantitative estimate of drug-likeness (QED) is 0.833. The van der Waals surface area contributed by atoms with Crippen LogP contribution in [0.4, 0.5) is 0 Å².